The molecule has 1 fully saturated rings. The molecule has 2 aromatic rings. The summed E-state index contributed by atoms with van der Waals surface area (Å²) in [6.07, 6.45) is -2.77. The third kappa shape index (κ3) is 5.01. The Balaban J connectivity index is 2.04. The number of alkyl halides is 6. The van der Waals surface area contributed by atoms with Crippen molar-refractivity contribution in [2.75, 3.05) is 4.90 Å². The highest BCUT2D eigenvalue weighted by atomic mass is 32.2. The van der Waals surface area contributed by atoms with Gasteiger partial charge in [0.15, 0.2) is 6.54 Å². The minimum absolute atomic E-state index is 0.192. The molecular formula is C20H16F6N3O4S+. The molecule has 0 radical (unpaired) electrons. The highest BCUT2D eigenvalue weighted by Gasteiger charge is 2.65. The first-order valence-electron chi connectivity index (χ1n) is 9.48. The number of thioether (sulfide) groups is 1. The summed E-state index contributed by atoms with van der Waals surface area (Å²) in [5.41, 5.74) is -4.02. The van der Waals surface area contributed by atoms with E-state index < -0.39 is 58.6 Å². The molecule has 2 heterocycles. The molecule has 1 unspecified atom stereocenters. The number of hydrogen-bond donors (Lipinski definition) is 0. The quantitative estimate of drug-likeness (QED) is 0.248. The zero-order valence-electron chi connectivity index (χ0n) is 17.5. The lowest BCUT2D eigenvalue weighted by Crippen LogP contribution is -2.57. The lowest BCUT2D eigenvalue weighted by atomic mass is 10.1. The molecule has 0 bridgehead atoms. The number of nitrogens with zero attached hydrogens (tertiary/aromatic N) is 3. The molecule has 1 aromatic carbocycles. The topological polar surface area (TPSA) is 76.6 Å². The first-order valence-corrected chi connectivity index (χ1v) is 10.3. The zero-order chi connectivity index (χ0) is 25.5. The normalized spacial score (nSPS) is 21.2. The SMILES string of the molecule is Cc1cnccc1C[N+]1(OC(=O)C(F)(F)F)C(=O)N(c2ccc(SC(F)(F)F)cc2)C(=O)[C@H]1C. The van der Waals surface area contributed by atoms with E-state index in [9.17, 15) is 40.7 Å². The fourth-order valence-corrected chi connectivity index (χ4v) is 3.86. The second kappa shape index (κ2) is 8.91. The zero-order valence-corrected chi connectivity index (χ0v) is 18.3. The molecule has 1 aliphatic heterocycles. The molecule has 0 spiro atoms. The largest absolute Gasteiger partial charge is 0.497 e. The third-order valence-corrected chi connectivity index (χ3v) is 5.81. The number of rotatable bonds is 5. The predicted molar refractivity (Wildman–Crippen MR) is 106 cm³/mol. The van der Waals surface area contributed by atoms with Crippen molar-refractivity contribution in [1.82, 2.24) is 4.98 Å². The smallest absolute Gasteiger partial charge is 0.267 e. The number of carbonyl (C=O) groups is 3. The lowest BCUT2D eigenvalue weighted by Gasteiger charge is -2.30. The summed E-state index contributed by atoms with van der Waals surface area (Å²) in [5, 5.41) is 0. The summed E-state index contributed by atoms with van der Waals surface area (Å²) in [6.45, 7) is 2.07. The second-order valence-electron chi connectivity index (χ2n) is 7.31. The predicted octanol–water partition coefficient (Wildman–Crippen LogP) is 4.89. The first-order chi connectivity index (χ1) is 15.7. The highest BCUT2D eigenvalue weighted by molar-refractivity contribution is 8.00. The maximum absolute atomic E-state index is 13.4. The van der Waals surface area contributed by atoms with E-state index in [1.54, 1.807) is 6.92 Å². The number of pyridine rings is 1. The number of amides is 3. The number of halogens is 6. The van der Waals surface area contributed by atoms with E-state index in [4.69, 9.17) is 0 Å². The second-order valence-corrected chi connectivity index (χ2v) is 8.44. The fourth-order valence-electron chi connectivity index (χ4n) is 3.32. The van der Waals surface area contributed by atoms with Crippen molar-refractivity contribution in [2.24, 2.45) is 0 Å². The van der Waals surface area contributed by atoms with Gasteiger partial charge in [0.05, 0.1) is 5.69 Å². The molecule has 0 saturated carbocycles. The van der Waals surface area contributed by atoms with Crippen molar-refractivity contribution in [2.45, 2.75) is 43.0 Å². The average molecular weight is 508 g/mol. The Labute approximate surface area is 192 Å². The van der Waals surface area contributed by atoms with Gasteiger partial charge in [-0.15, -0.1) is 0 Å². The Kier molecular flexibility index (Phi) is 6.68. The van der Waals surface area contributed by atoms with Crippen molar-refractivity contribution in [3.05, 3.63) is 53.9 Å². The van der Waals surface area contributed by atoms with Crippen LogP contribution in [0.2, 0.25) is 0 Å². The Morgan fingerprint density at radius 1 is 1.12 bits per heavy atom. The van der Waals surface area contributed by atoms with Gasteiger partial charge in [-0.25, -0.2) is 9.59 Å². The van der Waals surface area contributed by atoms with Gasteiger partial charge in [0.25, 0.3) is 0 Å². The molecule has 0 N–H and O–H groups in total. The first kappa shape index (κ1) is 25.5. The van der Waals surface area contributed by atoms with E-state index in [0.29, 0.717) is 10.5 Å². The standard InChI is InChI=1S/C20H16F6N3O4S/c1-11-9-27-8-7-13(11)10-29(33-17(31)19(21,22)23)12(2)16(30)28(18(29)32)14-3-5-15(6-4-14)34-20(24,25)26/h3-9,12H,10H2,1-2H3/q+1/t12-,29?/m1/s1. The number of urea groups is 1. The van der Waals surface area contributed by atoms with Crippen molar-refractivity contribution in [1.29, 1.82) is 0 Å². The minimum atomic E-state index is -5.45. The van der Waals surface area contributed by atoms with E-state index >= 15 is 0 Å². The maximum Gasteiger partial charge on any atom is 0.497 e. The molecular weight excluding hydrogens is 492 g/mol. The molecule has 1 aromatic heterocycles. The molecule has 14 heteroatoms. The maximum atomic E-state index is 13.4. The van der Waals surface area contributed by atoms with Gasteiger partial charge in [0.1, 0.15) is 0 Å². The van der Waals surface area contributed by atoms with Gasteiger partial charge in [-0.1, -0.05) is 0 Å². The van der Waals surface area contributed by atoms with Crippen molar-refractivity contribution in [3.63, 3.8) is 0 Å². The molecule has 1 saturated heterocycles. The summed E-state index contributed by atoms with van der Waals surface area (Å²) < 4.78 is 75.2. The minimum Gasteiger partial charge on any atom is -0.267 e. The van der Waals surface area contributed by atoms with E-state index in [0.717, 1.165) is 31.2 Å². The van der Waals surface area contributed by atoms with Crippen LogP contribution in [0.15, 0.2) is 47.6 Å². The van der Waals surface area contributed by atoms with Crippen LogP contribution in [0.4, 0.5) is 36.8 Å². The van der Waals surface area contributed by atoms with Crippen molar-refractivity contribution < 1.29 is 50.2 Å². The van der Waals surface area contributed by atoms with E-state index in [-0.39, 0.29) is 16.1 Å². The number of aryl methyl sites for hydroxylation is 1. The van der Waals surface area contributed by atoms with Gasteiger partial charge in [0.2, 0.25) is 6.04 Å². The highest BCUT2D eigenvalue weighted by Crippen LogP contribution is 2.39. The number of hydroxylamine groups is 3. The number of benzene rings is 1. The Morgan fingerprint density at radius 3 is 2.26 bits per heavy atom. The molecule has 1 aliphatic rings. The van der Waals surface area contributed by atoms with Crippen LogP contribution in [0.3, 0.4) is 0 Å². The van der Waals surface area contributed by atoms with E-state index in [1.807, 2.05) is 0 Å². The van der Waals surface area contributed by atoms with Crippen LogP contribution < -0.4 is 4.90 Å². The van der Waals surface area contributed by atoms with Crippen LogP contribution >= 0.6 is 11.8 Å². The van der Waals surface area contributed by atoms with Crippen LogP contribution in [0.1, 0.15) is 18.1 Å². The van der Waals surface area contributed by atoms with Crippen molar-refractivity contribution >= 4 is 35.4 Å². The van der Waals surface area contributed by atoms with E-state index in [2.05, 4.69) is 9.82 Å². The Hall–Kier alpha value is -3.13. The van der Waals surface area contributed by atoms with Crippen molar-refractivity contribution in [3.8, 4) is 0 Å². The van der Waals surface area contributed by atoms with Crippen LogP contribution in [0, 0.1) is 6.92 Å². The lowest BCUT2D eigenvalue weighted by molar-refractivity contribution is -1.04. The molecule has 7 nitrogen and oxygen atoms in total. The van der Waals surface area contributed by atoms with Crippen LogP contribution in [-0.2, 0) is 21.0 Å². The Morgan fingerprint density at radius 2 is 1.74 bits per heavy atom. The summed E-state index contributed by atoms with van der Waals surface area (Å²) in [5.74, 6) is -3.67. The summed E-state index contributed by atoms with van der Waals surface area (Å²) in [7, 11) is 0. The number of imide groups is 1. The number of aromatic nitrogens is 1. The van der Waals surface area contributed by atoms with Crippen LogP contribution in [-0.4, -0.2) is 45.3 Å². The van der Waals surface area contributed by atoms with Gasteiger partial charge in [-0.2, -0.15) is 31.2 Å². The van der Waals surface area contributed by atoms with Gasteiger partial charge >= 0.3 is 29.6 Å². The summed E-state index contributed by atoms with van der Waals surface area (Å²) in [6, 6.07) is 2.59. The number of carbonyl (C=O) groups excluding carboxylic acids is 3. The molecule has 34 heavy (non-hydrogen) atoms. The number of hydrogen-bond acceptors (Lipinski definition) is 6. The van der Waals surface area contributed by atoms with Gasteiger partial charge < -0.3 is 0 Å². The monoisotopic (exact) mass is 508 g/mol. The van der Waals surface area contributed by atoms with Crippen LogP contribution in [0.25, 0.3) is 0 Å². The van der Waals surface area contributed by atoms with Gasteiger partial charge in [-0.05, 0) is 59.2 Å². The Bertz CT molecular complexity index is 1120. The molecule has 182 valence electrons. The summed E-state index contributed by atoms with van der Waals surface area (Å²) in [4.78, 5) is 46.9. The molecule has 3 amide bonds. The number of anilines is 1. The average Bonchev–Trinajstić information content (AvgIpc) is 2.90. The van der Waals surface area contributed by atoms with Gasteiger partial charge in [-0.3, -0.25) is 14.6 Å². The van der Waals surface area contributed by atoms with Gasteiger partial charge in [0, 0.05) is 29.8 Å². The summed E-state index contributed by atoms with van der Waals surface area (Å²) >= 11 is -0.424. The third-order valence-electron chi connectivity index (χ3n) is 5.07. The number of quaternary nitrogens is 1. The molecule has 2 atom stereocenters. The van der Waals surface area contributed by atoms with E-state index in [1.165, 1.54) is 18.5 Å². The molecule has 3 rings (SSSR count). The van der Waals surface area contributed by atoms with Crippen LogP contribution in [0.5, 0.6) is 0 Å². The molecule has 0 aliphatic carbocycles. The fraction of sp³-hybridized carbons (Fsp3) is 0.300.